The van der Waals surface area contributed by atoms with E-state index in [4.69, 9.17) is 4.42 Å². The van der Waals surface area contributed by atoms with Crippen molar-refractivity contribution in [2.75, 3.05) is 19.6 Å². The van der Waals surface area contributed by atoms with Gasteiger partial charge in [0.25, 0.3) is 0 Å². The van der Waals surface area contributed by atoms with Crippen LogP contribution in [0.5, 0.6) is 0 Å². The Labute approximate surface area is 111 Å². The monoisotopic (exact) mass is 250 g/mol. The van der Waals surface area contributed by atoms with Crippen molar-refractivity contribution >= 4 is 0 Å². The number of furan rings is 1. The van der Waals surface area contributed by atoms with Gasteiger partial charge in [-0.15, -0.1) is 0 Å². The lowest BCUT2D eigenvalue weighted by Gasteiger charge is -2.17. The molecule has 0 amide bonds. The number of nitrogens with one attached hydrogen (secondary N) is 1. The van der Waals surface area contributed by atoms with Crippen LogP contribution >= 0.6 is 0 Å². The molecule has 0 bridgehead atoms. The summed E-state index contributed by atoms with van der Waals surface area (Å²) in [6.07, 6.45) is 8.53. The molecule has 1 aromatic rings. The van der Waals surface area contributed by atoms with Crippen LogP contribution in [0.25, 0.3) is 0 Å². The minimum absolute atomic E-state index is 0.928. The third-order valence-corrected chi connectivity index (χ3v) is 3.54. The van der Waals surface area contributed by atoms with Gasteiger partial charge in [0.15, 0.2) is 0 Å². The van der Waals surface area contributed by atoms with Crippen LogP contribution in [-0.4, -0.2) is 24.5 Å². The zero-order chi connectivity index (χ0) is 12.6. The van der Waals surface area contributed by atoms with E-state index in [1.807, 2.05) is 6.26 Å². The number of nitrogens with zero attached hydrogens (tertiary/aromatic N) is 1. The van der Waals surface area contributed by atoms with Crippen LogP contribution in [0.1, 0.15) is 50.4 Å². The Hall–Kier alpha value is -0.800. The fourth-order valence-electron chi connectivity index (χ4n) is 2.53. The summed E-state index contributed by atoms with van der Waals surface area (Å²) < 4.78 is 5.66. The molecule has 0 saturated carbocycles. The molecular formula is C15H26N2O. The van der Waals surface area contributed by atoms with E-state index < -0.39 is 0 Å². The summed E-state index contributed by atoms with van der Waals surface area (Å²) in [7, 11) is 0. The lowest BCUT2D eigenvalue weighted by atomic mass is 10.2. The van der Waals surface area contributed by atoms with E-state index >= 15 is 0 Å². The number of rotatable bonds is 6. The molecule has 3 heteroatoms. The standard InChI is InChI=1S/C15H26N2O/c1-2-7-16-11-14-10-15(18-13-14)12-17-8-5-3-4-6-9-17/h10,13,16H,2-9,11-12H2,1H3. The molecule has 18 heavy (non-hydrogen) atoms. The molecule has 1 fully saturated rings. The van der Waals surface area contributed by atoms with Crippen molar-refractivity contribution in [1.29, 1.82) is 0 Å². The average Bonchev–Trinajstić information content (AvgIpc) is 2.65. The van der Waals surface area contributed by atoms with Crippen LogP contribution in [-0.2, 0) is 13.1 Å². The number of likely N-dealkylation sites (tertiary alicyclic amines) is 1. The van der Waals surface area contributed by atoms with E-state index in [9.17, 15) is 0 Å². The molecule has 1 saturated heterocycles. The maximum absolute atomic E-state index is 5.66. The van der Waals surface area contributed by atoms with Crippen molar-refractivity contribution in [2.24, 2.45) is 0 Å². The normalized spacial score (nSPS) is 17.8. The Morgan fingerprint density at radius 2 is 2.00 bits per heavy atom. The minimum atomic E-state index is 0.928. The second-order valence-electron chi connectivity index (χ2n) is 5.29. The molecule has 2 heterocycles. The van der Waals surface area contributed by atoms with Crippen molar-refractivity contribution in [1.82, 2.24) is 10.2 Å². The summed E-state index contributed by atoms with van der Waals surface area (Å²) in [6, 6.07) is 2.20. The molecule has 1 aliphatic heterocycles. The van der Waals surface area contributed by atoms with Gasteiger partial charge in [-0.05, 0) is 45.0 Å². The predicted octanol–water partition coefficient (Wildman–Crippen LogP) is 3.16. The van der Waals surface area contributed by atoms with Gasteiger partial charge in [0, 0.05) is 12.1 Å². The van der Waals surface area contributed by atoms with Gasteiger partial charge in [0.2, 0.25) is 0 Å². The van der Waals surface area contributed by atoms with Crippen molar-refractivity contribution in [2.45, 2.75) is 52.1 Å². The summed E-state index contributed by atoms with van der Waals surface area (Å²) in [5, 5.41) is 3.40. The van der Waals surface area contributed by atoms with Gasteiger partial charge in [0.05, 0.1) is 12.8 Å². The fourth-order valence-corrected chi connectivity index (χ4v) is 2.53. The Bertz CT molecular complexity index is 327. The molecule has 0 aromatic carbocycles. The Morgan fingerprint density at radius 3 is 2.72 bits per heavy atom. The fraction of sp³-hybridized carbons (Fsp3) is 0.733. The second kappa shape index (κ2) is 7.59. The van der Waals surface area contributed by atoms with Crippen LogP contribution in [0.3, 0.4) is 0 Å². The summed E-state index contributed by atoms with van der Waals surface area (Å²) in [5.74, 6) is 1.12. The highest BCUT2D eigenvalue weighted by Gasteiger charge is 2.11. The molecule has 0 spiro atoms. The topological polar surface area (TPSA) is 28.4 Å². The van der Waals surface area contributed by atoms with Gasteiger partial charge in [-0.1, -0.05) is 19.8 Å². The van der Waals surface area contributed by atoms with Crippen LogP contribution in [0, 0.1) is 0 Å². The average molecular weight is 250 g/mol. The first-order valence-electron chi connectivity index (χ1n) is 7.38. The highest BCUT2D eigenvalue weighted by atomic mass is 16.3. The SMILES string of the molecule is CCCNCc1coc(CN2CCCCCC2)c1. The van der Waals surface area contributed by atoms with Crippen molar-refractivity contribution < 1.29 is 4.42 Å². The Balaban J connectivity index is 1.78. The number of hydrogen-bond acceptors (Lipinski definition) is 3. The zero-order valence-electron chi connectivity index (χ0n) is 11.6. The summed E-state index contributed by atoms with van der Waals surface area (Å²) in [6.45, 7) is 7.62. The number of hydrogen-bond donors (Lipinski definition) is 1. The van der Waals surface area contributed by atoms with E-state index in [1.165, 1.54) is 50.8 Å². The minimum Gasteiger partial charge on any atom is -0.468 e. The van der Waals surface area contributed by atoms with Gasteiger partial charge >= 0.3 is 0 Å². The molecule has 0 aliphatic carbocycles. The van der Waals surface area contributed by atoms with Gasteiger partial charge < -0.3 is 9.73 Å². The van der Waals surface area contributed by atoms with Gasteiger partial charge in [-0.2, -0.15) is 0 Å². The highest BCUT2D eigenvalue weighted by molar-refractivity contribution is 5.12. The molecule has 1 aromatic heterocycles. The lowest BCUT2D eigenvalue weighted by molar-refractivity contribution is 0.253. The van der Waals surface area contributed by atoms with E-state index in [2.05, 4.69) is 23.2 Å². The van der Waals surface area contributed by atoms with Gasteiger partial charge in [-0.25, -0.2) is 0 Å². The predicted molar refractivity (Wildman–Crippen MR) is 74.5 cm³/mol. The second-order valence-corrected chi connectivity index (χ2v) is 5.29. The van der Waals surface area contributed by atoms with Crippen LogP contribution in [0.2, 0.25) is 0 Å². The molecule has 0 atom stereocenters. The summed E-state index contributed by atoms with van der Waals surface area (Å²) >= 11 is 0. The first-order chi connectivity index (χ1) is 8.88. The van der Waals surface area contributed by atoms with Crippen molar-refractivity contribution in [3.05, 3.63) is 23.7 Å². The molecular weight excluding hydrogens is 224 g/mol. The largest absolute Gasteiger partial charge is 0.468 e. The Kier molecular flexibility index (Phi) is 5.75. The third kappa shape index (κ3) is 4.46. The third-order valence-electron chi connectivity index (χ3n) is 3.54. The molecule has 1 aliphatic rings. The van der Waals surface area contributed by atoms with Gasteiger partial charge in [0.1, 0.15) is 5.76 Å². The van der Waals surface area contributed by atoms with E-state index in [0.717, 1.165) is 25.4 Å². The maximum Gasteiger partial charge on any atom is 0.118 e. The van der Waals surface area contributed by atoms with E-state index in [1.54, 1.807) is 0 Å². The molecule has 102 valence electrons. The van der Waals surface area contributed by atoms with Gasteiger partial charge in [-0.3, -0.25) is 4.90 Å². The molecule has 3 nitrogen and oxygen atoms in total. The summed E-state index contributed by atoms with van der Waals surface area (Å²) in [5.41, 5.74) is 1.27. The van der Waals surface area contributed by atoms with E-state index in [0.29, 0.717) is 0 Å². The quantitative estimate of drug-likeness (QED) is 0.786. The molecule has 1 N–H and O–H groups in total. The maximum atomic E-state index is 5.66. The molecule has 2 rings (SSSR count). The lowest BCUT2D eigenvalue weighted by Crippen LogP contribution is -2.23. The first-order valence-corrected chi connectivity index (χ1v) is 7.38. The smallest absolute Gasteiger partial charge is 0.118 e. The van der Waals surface area contributed by atoms with Crippen LogP contribution < -0.4 is 5.32 Å². The summed E-state index contributed by atoms with van der Waals surface area (Å²) in [4.78, 5) is 2.52. The zero-order valence-corrected chi connectivity index (χ0v) is 11.6. The van der Waals surface area contributed by atoms with Crippen LogP contribution in [0.4, 0.5) is 0 Å². The van der Waals surface area contributed by atoms with Crippen LogP contribution in [0.15, 0.2) is 16.7 Å². The molecule has 0 unspecified atom stereocenters. The van der Waals surface area contributed by atoms with Crippen molar-refractivity contribution in [3.63, 3.8) is 0 Å². The first kappa shape index (κ1) is 13.6. The highest BCUT2D eigenvalue weighted by Crippen LogP contribution is 2.15. The Morgan fingerprint density at radius 1 is 1.22 bits per heavy atom. The van der Waals surface area contributed by atoms with Crippen molar-refractivity contribution in [3.8, 4) is 0 Å². The van der Waals surface area contributed by atoms with E-state index in [-0.39, 0.29) is 0 Å². The molecule has 0 radical (unpaired) electrons.